The van der Waals surface area contributed by atoms with Crippen LogP contribution in [0.2, 0.25) is 0 Å². The number of hydrogen-bond acceptors (Lipinski definition) is 6. The number of amides is 1. The molecule has 9 heteroatoms. The number of fused-ring (bicyclic) bond motifs is 1. The van der Waals surface area contributed by atoms with Gasteiger partial charge in [0.15, 0.2) is 0 Å². The summed E-state index contributed by atoms with van der Waals surface area (Å²) in [5.74, 6) is -1.36. The Morgan fingerprint density at radius 3 is 2.48 bits per heavy atom. The van der Waals surface area contributed by atoms with Crippen molar-refractivity contribution in [2.45, 2.75) is 6.42 Å². The lowest BCUT2D eigenvalue weighted by molar-refractivity contribution is 0.0698. The van der Waals surface area contributed by atoms with E-state index in [-0.39, 0.29) is 11.1 Å². The third-order valence-corrected chi connectivity index (χ3v) is 5.63. The second kappa shape index (κ2) is 9.63. The summed E-state index contributed by atoms with van der Waals surface area (Å²) in [6, 6.07) is 13.8. The van der Waals surface area contributed by atoms with Gasteiger partial charge in [0, 0.05) is 55.8 Å². The minimum Gasteiger partial charge on any atom is -0.478 e. The molecule has 1 saturated heterocycles. The number of rotatable bonds is 6. The Hall–Kier alpha value is -4.03. The van der Waals surface area contributed by atoms with Crippen LogP contribution in [0, 0.1) is 17.1 Å². The number of benzene rings is 2. The SMILES string of the molecule is N#CCCN1CCN(c2cc(C(=O)O)c3cc(NC(=O)c4ccc(F)cc4)ccc3n2)CC1. The van der Waals surface area contributed by atoms with E-state index in [0.29, 0.717) is 41.9 Å². The van der Waals surface area contributed by atoms with Crippen molar-refractivity contribution in [3.05, 3.63) is 65.5 Å². The molecule has 1 aliphatic rings. The number of aromatic nitrogens is 1. The van der Waals surface area contributed by atoms with Crippen LogP contribution < -0.4 is 10.2 Å². The van der Waals surface area contributed by atoms with Crippen molar-refractivity contribution in [1.29, 1.82) is 5.26 Å². The Bertz CT molecular complexity index is 1230. The summed E-state index contributed by atoms with van der Waals surface area (Å²) in [5, 5.41) is 21.7. The molecule has 1 fully saturated rings. The Balaban J connectivity index is 1.57. The molecule has 33 heavy (non-hydrogen) atoms. The summed E-state index contributed by atoms with van der Waals surface area (Å²) < 4.78 is 13.1. The molecule has 3 aromatic rings. The molecule has 2 aromatic carbocycles. The number of carboxylic acids is 1. The van der Waals surface area contributed by atoms with Crippen LogP contribution in [-0.2, 0) is 0 Å². The van der Waals surface area contributed by atoms with E-state index in [2.05, 4.69) is 21.3 Å². The zero-order valence-corrected chi connectivity index (χ0v) is 17.8. The zero-order valence-electron chi connectivity index (χ0n) is 17.8. The second-order valence-electron chi connectivity index (χ2n) is 7.76. The molecular weight excluding hydrogens is 425 g/mol. The normalized spacial score (nSPS) is 14.1. The third kappa shape index (κ3) is 5.07. The number of carbonyl (C=O) groups is 2. The van der Waals surface area contributed by atoms with Crippen LogP contribution in [0.3, 0.4) is 0 Å². The standard InChI is InChI=1S/C24H22FN5O3/c25-17-4-2-16(3-5-17)23(31)27-18-6-7-21-19(14-18)20(24(32)33)15-22(28-21)30-12-10-29(11-13-30)9-1-8-26/h2-7,14-15H,1,9-13H2,(H,27,31)(H,32,33). The van der Waals surface area contributed by atoms with Gasteiger partial charge in [0.25, 0.3) is 5.91 Å². The van der Waals surface area contributed by atoms with Gasteiger partial charge in [-0.2, -0.15) is 5.26 Å². The molecule has 168 valence electrons. The fraction of sp³-hybridized carbons (Fsp3) is 0.250. The van der Waals surface area contributed by atoms with Gasteiger partial charge in [-0.15, -0.1) is 0 Å². The monoisotopic (exact) mass is 447 g/mol. The van der Waals surface area contributed by atoms with Crippen molar-refractivity contribution < 1.29 is 19.1 Å². The molecular formula is C24H22FN5O3. The first kappa shape index (κ1) is 22.2. The molecule has 2 N–H and O–H groups in total. The Labute approximate surface area is 189 Å². The maximum absolute atomic E-state index is 13.1. The molecule has 0 radical (unpaired) electrons. The summed E-state index contributed by atoms with van der Waals surface area (Å²) in [5.41, 5.74) is 1.31. The molecule has 0 aliphatic carbocycles. The number of carboxylic acid groups (broad SMARTS) is 1. The highest BCUT2D eigenvalue weighted by atomic mass is 19.1. The van der Waals surface area contributed by atoms with E-state index in [9.17, 15) is 19.1 Å². The first-order valence-corrected chi connectivity index (χ1v) is 10.5. The minimum atomic E-state index is -1.08. The van der Waals surface area contributed by atoms with Gasteiger partial charge in [0.2, 0.25) is 0 Å². The third-order valence-electron chi connectivity index (χ3n) is 5.63. The number of halogens is 1. The summed E-state index contributed by atoms with van der Waals surface area (Å²) in [6.45, 7) is 3.65. The number of carbonyl (C=O) groups excluding carboxylic acids is 1. The average Bonchev–Trinajstić information content (AvgIpc) is 2.82. The van der Waals surface area contributed by atoms with Crippen molar-refractivity contribution in [3.8, 4) is 6.07 Å². The van der Waals surface area contributed by atoms with E-state index in [4.69, 9.17) is 5.26 Å². The van der Waals surface area contributed by atoms with Gasteiger partial charge in [-0.05, 0) is 48.5 Å². The number of piperazine rings is 1. The molecule has 0 spiro atoms. The Morgan fingerprint density at radius 1 is 1.09 bits per heavy atom. The molecule has 4 rings (SSSR count). The van der Waals surface area contributed by atoms with E-state index in [1.54, 1.807) is 24.3 Å². The minimum absolute atomic E-state index is 0.0970. The highest BCUT2D eigenvalue weighted by Crippen LogP contribution is 2.27. The van der Waals surface area contributed by atoms with Crippen molar-refractivity contribution in [3.63, 3.8) is 0 Å². The van der Waals surface area contributed by atoms with E-state index in [0.717, 1.165) is 19.6 Å². The van der Waals surface area contributed by atoms with Crippen molar-refractivity contribution in [2.24, 2.45) is 0 Å². The van der Waals surface area contributed by atoms with Crippen LogP contribution in [0.5, 0.6) is 0 Å². The van der Waals surface area contributed by atoms with Crippen molar-refractivity contribution in [2.75, 3.05) is 42.9 Å². The van der Waals surface area contributed by atoms with E-state index < -0.39 is 17.7 Å². The van der Waals surface area contributed by atoms with Crippen LogP contribution in [0.15, 0.2) is 48.5 Å². The fourth-order valence-electron chi connectivity index (χ4n) is 3.84. The Morgan fingerprint density at radius 2 is 1.82 bits per heavy atom. The van der Waals surface area contributed by atoms with Gasteiger partial charge in [0.1, 0.15) is 11.6 Å². The van der Waals surface area contributed by atoms with Gasteiger partial charge < -0.3 is 15.3 Å². The van der Waals surface area contributed by atoms with Crippen LogP contribution in [0.1, 0.15) is 27.1 Å². The predicted molar refractivity (Wildman–Crippen MR) is 122 cm³/mol. The summed E-state index contributed by atoms with van der Waals surface area (Å²) in [6.07, 6.45) is 0.484. The van der Waals surface area contributed by atoms with Crippen LogP contribution >= 0.6 is 0 Å². The highest BCUT2D eigenvalue weighted by Gasteiger charge is 2.21. The van der Waals surface area contributed by atoms with Gasteiger partial charge >= 0.3 is 5.97 Å². The molecule has 0 unspecified atom stereocenters. The first-order valence-electron chi connectivity index (χ1n) is 10.5. The number of pyridine rings is 1. The molecule has 0 atom stereocenters. The van der Waals surface area contributed by atoms with Crippen LogP contribution in [-0.4, -0.2) is 59.6 Å². The summed E-state index contributed by atoms with van der Waals surface area (Å²) in [7, 11) is 0. The lowest BCUT2D eigenvalue weighted by atomic mass is 10.1. The second-order valence-corrected chi connectivity index (χ2v) is 7.76. The van der Waals surface area contributed by atoms with Gasteiger partial charge in [-0.25, -0.2) is 14.2 Å². The quantitative estimate of drug-likeness (QED) is 0.596. The highest BCUT2D eigenvalue weighted by molar-refractivity contribution is 6.08. The topological polar surface area (TPSA) is 110 Å². The van der Waals surface area contributed by atoms with Crippen molar-refractivity contribution >= 4 is 34.3 Å². The lowest BCUT2D eigenvalue weighted by Crippen LogP contribution is -2.46. The smallest absolute Gasteiger partial charge is 0.336 e. The van der Waals surface area contributed by atoms with Crippen LogP contribution in [0.25, 0.3) is 10.9 Å². The molecule has 2 heterocycles. The predicted octanol–water partition coefficient (Wildman–Crippen LogP) is 3.36. The number of nitrogens with zero attached hydrogens (tertiary/aromatic N) is 4. The van der Waals surface area contributed by atoms with E-state index in [1.165, 1.54) is 24.3 Å². The largest absolute Gasteiger partial charge is 0.478 e. The Kier molecular flexibility index (Phi) is 6.47. The fourth-order valence-corrected chi connectivity index (χ4v) is 3.84. The van der Waals surface area contributed by atoms with Crippen LogP contribution in [0.4, 0.5) is 15.9 Å². The molecule has 1 aromatic heterocycles. The number of nitrogens with one attached hydrogen (secondary N) is 1. The number of aromatic carboxylic acids is 1. The van der Waals surface area contributed by atoms with E-state index >= 15 is 0 Å². The molecule has 0 saturated carbocycles. The van der Waals surface area contributed by atoms with Gasteiger partial charge in [0.05, 0.1) is 17.1 Å². The van der Waals surface area contributed by atoms with Gasteiger partial charge in [-0.1, -0.05) is 0 Å². The number of anilines is 2. The number of hydrogen-bond donors (Lipinski definition) is 2. The maximum Gasteiger partial charge on any atom is 0.336 e. The van der Waals surface area contributed by atoms with Gasteiger partial charge in [-0.3, -0.25) is 9.69 Å². The van der Waals surface area contributed by atoms with E-state index in [1.807, 2.05) is 4.90 Å². The summed E-state index contributed by atoms with van der Waals surface area (Å²) >= 11 is 0. The maximum atomic E-state index is 13.1. The van der Waals surface area contributed by atoms with Crippen molar-refractivity contribution in [1.82, 2.24) is 9.88 Å². The first-order chi connectivity index (χ1) is 15.9. The molecule has 0 bridgehead atoms. The summed E-state index contributed by atoms with van der Waals surface area (Å²) in [4.78, 5) is 33.3. The average molecular weight is 447 g/mol. The number of nitriles is 1. The zero-order chi connectivity index (χ0) is 23.4. The molecule has 1 aliphatic heterocycles. The molecule has 1 amide bonds. The lowest BCUT2D eigenvalue weighted by Gasteiger charge is -2.35. The molecule has 8 nitrogen and oxygen atoms in total.